The number of benzene rings is 2. The molecule has 0 spiro atoms. The van der Waals surface area contributed by atoms with Crippen molar-refractivity contribution in [2.75, 3.05) is 26.8 Å². The molecule has 1 atom stereocenters. The second-order valence-corrected chi connectivity index (χ2v) is 8.40. The van der Waals surface area contributed by atoms with Crippen molar-refractivity contribution in [1.82, 2.24) is 14.9 Å². The van der Waals surface area contributed by atoms with Gasteiger partial charge in [-0.2, -0.15) is 4.98 Å². The van der Waals surface area contributed by atoms with Crippen molar-refractivity contribution in [3.63, 3.8) is 0 Å². The fraction of sp³-hybridized carbons (Fsp3) is 0.333. The van der Waals surface area contributed by atoms with Gasteiger partial charge in [-0.1, -0.05) is 17.7 Å². The fourth-order valence-electron chi connectivity index (χ4n) is 3.97. The monoisotopic (exact) mass is 475 g/mol. The SMILES string of the molecule is CCOC(=O)C1CCCN(C(=O)c2cnc(-c3ccc(OC)cc3)nc2Oc2ccc(C)cc2)C1. The Morgan fingerprint density at radius 2 is 1.77 bits per heavy atom. The molecule has 4 rings (SSSR count). The smallest absolute Gasteiger partial charge is 0.310 e. The van der Waals surface area contributed by atoms with Gasteiger partial charge < -0.3 is 19.1 Å². The van der Waals surface area contributed by atoms with E-state index in [-0.39, 0.29) is 29.2 Å². The summed E-state index contributed by atoms with van der Waals surface area (Å²) in [5, 5.41) is 0. The van der Waals surface area contributed by atoms with E-state index in [0.29, 0.717) is 44.1 Å². The van der Waals surface area contributed by atoms with E-state index in [0.717, 1.165) is 16.9 Å². The Hall–Kier alpha value is -3.94. The van der Waals surface area contributed by atoms with Crippen LogP contribution in [-0.2, 0) is 9.53 Å². The molecule has 2 aromatic carbocycles. The van der Waals surface area contributed by atoms with Crippen LogP contribution < -0.4 is 9.47 Å². The van der Waals surface area contributed by atoms with E-state index in [1.807, 2.05) is 55.5 Å². The minimum absolute atomic E-state index is 0.165. The van der Waals surface area contributed by atoms with Gasteiger partial charge in [0.25, 0.3) is 5.91 Å². The summed E-state index contributed by atoms with van der Waals surface area (Å²) in [5.74, 6) is 0.987. The highest BCUT2D eigenvalue weighted by Gasteiger charge is 2.31. The van der Waals surface area contributed by atoms with Crippen LogP contribution in [-0.4, -0.2) is 53.6 Å². The number of esters is 1. The lowest BCUT2D eigenvalue weighted by atomic mass is 9.97. The number of carbonyl (C=O) groups excluding carboxylic acids is 2. The van der Waals surface area contributed by atoms with Crippen molar-refractivity contribution < 1.29 is 23.8 Å². The third-order valence-corrected chi connectivity index (χ3v) is 5.90. The van der Waals surface area contributed by atoms with Crippen LogP contribution in [0.4, 0.5) is 0 Å². The first-order valence-corrected chi connectivity index (χ1v) is 11.7. The maximum Gasteiger partial charge on any atom is 0.310 e. The van der Waals surface area contributed by atoms with Gasteiger partial charge in [0.15, 0.2) is 5.82 Å². The maximum absolute atomic E-state index is 13.5. The summed E-state index contributed by atoms with van der Waals surface area (Å²) < 4.78 is 16.5. The summed E-state index contributed by atoms with van der Waals surface area (Å²) in [5.41, 5.74) is 2.10. The standard InChI is InChI=1S/C27H29N3O5/c1-4-34-27(32)20-6-5-15-30(17-20)26(31)23-16-28-24(19-9-13-21(33-3)14-10-19)29-25(23)35-22-11-7-18(2)8-12-22/h7-14,16,20H,4-6,15,17H2,1-3H3. The highest BCUT2D eigenvalue weighted by Crippen LogP contribution is 2.29. The molecule has 0 saturated carbocycles. The van der Waals surface area contributed by atoms with Crippen LogP contribution in [0.5, 0.6) is 17.4 Å². The zero-order chi connectivity index (χ0) is 24.8. The molecule has 1 amide bonds. The van der Waals surface area contributed by atoms with E-state index in [1.165, 1.54) is 6.20 Å². The number of aromatic nitrogens is 2. The summed E-state index contributed by atoms with van der Waals surface area (Å²) in [4.78, 5) is 36.5. The molecule has 1 aliphatic heterocycles. The van der Waals surface area contributed by atoms with E-state index in [9.17, 15) is 9.59 Å². The Kier molecular flexibility index (Phi) is 7.60. The molecular weight excluding hydrogens is 446 g/mol. The van der Waals surface area contributed by atoms with Gasteiger partial charge in [-0.3, -0.25) is 9.59 Å². The van der Waals surface area contributed by atoms with Crippen molar-refractivity contribution >= 4 is 11.9 Å². The van der Waals surface area contributed by atoms with Crippen LogP contribution in [0.25, 0.3) is 11.4 Å². The molecule has 1 aromatic heterocycles. The summed E-state index contributed by atoms with van der Waals surface area (Å²) in [6.07, 6.45) is 2.91. The lowest BCUT2D eigenvalue weighted by molar-refractivity contribution is -0.149. The molecule has 0 bridgehead atoms. The molecule has 0 radical (unpaired) electrons. The van der Waals surface area contributed by atoms with Crippen molar-refractivity contribution in [2.45, 2.75) is 26.7 Å². The van der Waals surface area contributed by atoms with Gasteiger partial charge in [0, 0.05) is 24.8 Å². The van der Waals surface area contributed by atoms with Crippen molar-refractivity contribution in [1.29, 1.82) is 0 Å². The number of likely N-dealkylation sites (tertiary alicyclic amines) is 1. The predicted molar refractivity (Wildman–Crippen MR) is 131 cm³/mol. The largest absolute Gasteiger partial charge is 0.497 e. The van der Waals surface area contributed by atoms with Crippen LogP contribution in [0.15, 0.2) is 54.7 Å². The van der Waals surface area contributed by atoms with Gasteiger partial charge in [-0.05, 0) is 63.1 Å². The number of amides is 1. The third kappa shape index (κ3) is 5.77. The summed E-state index contributed by atoms with van der Waals surface area (Å²) >= 11 is 0. The summed E-state index contributed by atoms with van der Waals surface area (Å²) in [7, 11) is 1.60. The van der Waals surface area contributed by atoms with Crippen LogP contribution in [0.2, 0.25) is 0 Å². The number of rotatable bonds is 7. The van der Waals surface area contributed by atoms with E-state index in [1.54, 1.807) is 18.9 Å². The number of hydrogen-bond acceptors (Lipinski definition) is 7. The maximum atomic E-state index is 13.5. The second-order valence-electron chi connectivity index (χ2n) is 8.40. The lowest BCUT2D eigenvalue weighted by Crippen LogP contribution is -2.43. The van der Waals surface area contributed by atoms with Gasteiger partial charge in [0.05, 0.1) is 19.6 Å². The number of carbonyl (C=O) groups is 2. The predicted octanol–water partition coefficient (Wildman–Crippen LogP) is 4.67. The first-order chi connectivity index (χ1) is 17.0. The Bertz CT molecular complexity index is 1180. The van der Waals surface area contributed by atoms with Crippen molar-refractivity contribution in [3.05, 3.63) is 65.9 Å². The van der Waals surface area contributed by atoms with E-state index in [2.05, 4.69) is 9.97 Å². The first-order valence-electron chi connectivity index (χ1n) is 11.7. The van der Waals surface area contributed by atoms with Gasteiger partial charge in [-0.25, -0.2) is 4.98 Å². The van der Waals surface area contributed by atoms with E-state index in [4.69, 9.17) is 14.2 Å². The minimum Gasteiger partial charge on any atom is -0.497 e. The molecule has 0 aliphatic carbocycles. The molecule has 35 heavy (non-hydrogen) atoms. The highest BCUT2D eigenvalue weighted by atomic mass is 16.5. The molecule has 3 aromatic rings. The molecule has 0 N–H and O–H groups in total. The molecule has 182 valence electrons. The van der Waals surface area contributed by atoms with Crippen molar-refractivity contribution in [2.24, 2.45) is 5.92 Å². The third-order valence-electron chi connectivity index (χ3n) is 5.90. The van der Waals surface area contributed by atoms with E-state index < -0.39 is 0 Å². The molecule has 1 saturated heterocycles. The lowest BCUT2D eigenvalue weighted by Gasteiger charge is -2.31. The molecule has 8 nitrogen and oxygen atoms in total. The molecule has 8 heteroatoms. The van der Waals surface area contributed by atoms with Gasteiger partial charge >= 0.3 is 5.97 Å². The number of methoxy groups -OCH3 is 1. The Morgan fingerprint density at radius 3 is 2.46 bits per heavy atom. The Balaban J connectivity index is 1.65. The molecule has 1 fully saturated rings. The Morgan fingerprint density at radius 1 is 1.06 bits per heavy atom. The average molecular weight is 476 g/mol. The fourth-order valence-corrected chi connectivity index (χ4v) is 3.97. The molecule has 1 aliphatic rings. The zero-order valence-electron chi connectivity index (χ0n) is 20.2. The van der Waals surface area contributed by atoms with Crippen LogP contribution in [0.3, 0.4) is 0 Å². The normalized spacial score (nSPS) is 15.4. The number of ether oxygens (including phenoxy) is 3. The number of piperidine rings is 1. The first kappa shape index (κ1) is 24.2. The van der Waals surface area contributed by atoms with Gasteiger partial charge in [0.1, 0.15) is 17.1 Å². The summed E-state index contributed by atoms with van der Waals surface area (Å²) in [6, 6.07) is 14.9. The minimum atomic E-state index is -0.339. The van der Waals surface area contributed by atoms with E-state index >= 15 is 0 Å². The topological polar surface area (TPSA) is 90.9 Å². The van der Waals surface area contributed by atoms with Gasteiger partial charge in [0.2, 0.25) is 5.88 Å². The number of aryl methyl sites for hydroxylation is 1. The zero-order valence-corrected chi connectivity index (χ0v) is 20.2. The van der Waals surface area contributed by atoms with Crippen molar-refractivity contribution in [3.8, 4) is 28.8 Å². The van der Waals surface area contributed by atoms with Gasteiger partial charge in [-0.15, -0.1) is 0 Å². The average Bonchev–Trinajstić information content (AvgIpc) is 2.90. The quantitative estimate of drug-likeness (QED) is 0.459. The van der Waals surface area contributed by atoms with Crippen LogP contribution >= 0.6 is 0 Å². The summed E-state index contributed by atoms with van der Waals surface area (Å²) in [6.45, 7) is 4.92. The highest BCUT2D eigenvalue weighted by molar-refractivity contribution is 5.96. The molecule has 2 heterocycles. The molecular formula is C27H29N3O5. The number of nitrogens with zero attached hydrogens (tertiary/aromatic N) is 3. The van der Waals surface area contributed by atoms with Crippen LogP contribution in [0, 0.1) is 12.8 Å². The second kappa shape index (κ2) is 11.0. The van der Waals surface area contributed by atoms with Crippen LogP contribution in [0.1, 0.15) is 35.7 Å². The molecule has 1 unspecified atom stereocenters. The number of hydrogen-bond donors (Lipinski definition) is 0. The Labute approximate surface area is 204 Å².